The average Bonchev–Trinajstić information content (AvgIpc) is 1.63. The van der Waals surface area contributed by atoms with Crippen LogP contribution in [0.25, 0.3) is 0 Å². The molecule has 0 saturated heterocycles. The first-order valence-corrected chi connectivity index (χ1v) is 2.51. The Morgan fingerprint density at radius 3 is 2.33 bits per heavy atom. The number of nitrogens with one attached hydrogen (secondary N) is 1. The third-order valence-corrected chi connectivity index (χ3v) is 0.827. The zero-order valence-electron chi connectivity index (χ0n) is 5.42. The van der Waals surface area contributed by atoms with Gasteiger partial charge in [0, 0.05) is 4.92 Å². The molecule has 0 aliphatic heterocycles. The Bertz CT molecular complexity index is 112. The quantitative estimate of drug-likeness (QED) is 0.421. The molecule has 0 fully saturated rings. The second-order valence-electron chi connectivity index (χ2n) is 2.49. The molecule has 0 aliphatic carbocycles. The molecule has 5 nitrogen and oxygen atoms in total. The first-order valence-electron chi connectivity index (χ1n) is 2.51. The highest BCUT2D eigenvalue weighted by Gasteiger charge is 2.22. The Kier molecular flexibility index (Phi) is 2.54. The molecule has 9 heavy (non-hydrogen) atoms. The molecular weight excluding hydrogens is 124 g/mol. The molecule has 2 N–H and O–H groups in total. The standard InChI is InChI=1S/C4H10N2O3/c1-4(2,5-7)3-6(8)9/h5,7H,3H2,1-2H3. The van der Waals surface area contributed by atoms with Crippen LogP contribution >= 0.6 is 0 Å². The summed E-state index contributed by atoms with van der Waals surface area (Å²) in [6.45, 7) is 2.79. The Labute approximate surface area is 52.8 Å². The predicted octanol–water partition coefficient (Wildman–Crippen LogP) is 0.0205. The van der Waals surface area contributed by atoms with Gasteiger partial charge in [-0.1, -0.05) is 0 Å². The van der Waals surface area contributed by atoms with E-state index in [1.807, 2.05) is 5.48 Å². The lowest BCUT2D eigenvalue weighted by atomic mass is 10.1. The minimum Gasteiger partial charge on any atom is -0.316 e. The van der Waals surface area contributed by atoms with E-state index in [0.717, 1.165) is 0 Å². The van der Waals surface area contributed by atoms with E-state index in [2.05, 4.69) is 0 Å². The normalized spacial score (nSPS) is 11.4. The molecule has 0 aromatic carbocycles. The maximum Gasteiger partial charge on any atom is 0.223 e. The number of hydrogen-bond acceptors (Lipinski definition) is 4. The van der Waals surface area contributed by atoms with Gasteiger partial charge in [-0.25, -0.2) is 0 Å². The highest BCUT2D eigenvalue weighted by atomic mass is 16.6. The first kappa shape index (κ1) is 8.32. The molecule has 0 aromatic rings. The molecule has 0 amide bonds. The van der Waals surface area contributed by atoms with Gasteiger partial charge < -0.3 is 5.21 Å². The number of hydroxylamine groups is 1. The Balaban J connectivity index is 3.71. The molecule has 0 spiro atoms. The maximum absolute atomic E-state index is 9.83. The fourth-order valence-corrected chi connectivity index (χ4v) is 0.358. The molecule has 54 valence electrons. The molecule has 0 rings (SSSR count). The van der Waals surface area contributed by atoms with Gasteiger partial charge in [-0.15, -0.1) is 0 Å². The van der Waals surface area contributed by atoms with Crippen molar-refractivity contribution in [2.75, 3.05) is 6.54 Å². The molecule has 0 bridgehead atoms. The molecule has 0 atom stereocenters. The Morgan fingerprint density at radius 2 is 2.22 bits per heavy atom. The summed E-state index contributed by atoms with van der Waals surface area (Å²) in [5, 5.41) is 18.1. The third kappa shape index (κ3) is 3.87. The van der Waals surface area contributed by atoms with Crippen LogP contribution in [-0.2, 0) is 0 Å². The molecule has 0 aromatic heterocycles. The molecule has 0 saturated carbocycles. The van der Waals surface area contributed by atoms with Crippen LogP contribution in [0.15, 0.2) is 0 Å². The monoisotopic (exact) mass is 134 g/mol. The summed E-state index contributed by atoms with van der Waals surface area (Å²) < 4.78 is 0. The number of nitro groups is 1. The molecule has 0 aliphatic rings. The van der Waals surface area contributed by atoms with E-state index in [4.69, 9.17) is 5.21 Å². The van der Waals surface area contributed by atoms with E-state index in [-0.39, 0.29) is 6.54 Å². The van der Waals surface area contributed by atoms with E-state index in [1.54, 1.807) is 0 Å². The van der Waals surface area contributed by atoms with Gasteiger partial charge in [0.1, 0.15) is 5.54 Å². The van der Waals surface area contributed by atoms with Gasteiger partial charge in [-0.05, 0) is 13.8 Å². The predicted molar refractivity (Wildman–Crippen MR) is 30.9 cm³/mol. The van der Waals surface area contributed by atoms with Crippen molar-refractivity contribution >= 4 is 0 Å². The van der Waals surface area contributed by atoms with Crippen molar-refractivity contribution in [1.82, 2.24) is 5.48 Å². The van der Waals surface area contributed by atoms with Crippen molar-refractivity contribution in [3.63, 3.8) is 0 Å². The molecule has 0 unspecified atom stereocenters. The number of hydrogen-bond donors (Lipinski definition) is 2. The summed E-state index contributed by atoms with van der Waals surface area (Å²) in [6, 6.07) is 0. The SMILES string of the molecule is CC(C)(C[N+](=O)[O-])NO. The van der Waals surface area contributed by atoms with Crippen molar-refractivity contribution in [3.8, 4) is 0 Å². The second kappa shape index (κ2) is 2.75. The van der Waals surface area contributed by atoms with Gasteiger partial charge in [0.25, 0.3) is 0 Å². The Hall–Kier alpha value is -0.680. The van der Waals surface area contributed by atoms with E-state index < -0.39 is 10.5 Å². The summed E-state index contributed by atoms with van der Waals surface area (Å²) in [7, 11) is 0. The zero-order chi connectivity index (χ0) is 7.49. The zero-order valence-corrected chi connectivity index (χ0v) is 5.42. The van der Waals surface area contributed by atoms with Gasteiger partial charge in [-0.2, -0.15) is 5.48 Å². The minimum absolute atomic E-state index is 0.288. The second-order valence-corrected chi connectivity index (χ2v) is 2.49. The largest absolute Gasteiger partial charge is 0.316 e. The maximum atomic E-state index is 9.83. The van der Waals surface area contributed by atoms with E-state index in [0.29, 0.717) is 0 Å². The fraction of sp³-hybridized carbons (Fsp3) is 1.00. The molecule has 0 radical (unpaired) electrons. The van der Waals surface area contributed by atoms with E-state index >= 15 is 0 Å². The fourth-order valence-electron chi connectivity index (χ4n) is 0.358. The highest BCUT2D eigenvalue weighted by molar-refractivity contribution is 4.70. The lowest BCUT2D eigenvalue weighted by molar-refractivity contribution is -0.491. The van der Waals surface area contributed by atoms with Crippen molar-refractivity contribution in [1.29, 1.82) is 0 Å². The summed E-state index contributed by atoms with van der Waals surface area (Å²) >= 11 is 0. The summed E-state index contributed by atoms with van der Waals surface area (Å²) in [5.74, 6) is 0. The van der Waals surface area contributed by atoms with E-state index in [1.165, 1.54) is 13.8 Å². The van der Waals surface area contributed by atoms with Crippen LogP contribution in [0.1, 0.15) is 13.8 Å². The van der Waals surface area contributed by atoms with Crippen LogP contribution in [0.2, 0.25) is 0 Å². The molecule has 0 heterocycles. The topological polar surface area (TPSA) is 75.4 Å². The highest BCUT2D eigenvalue weighted by Crippen LogP contribution is 1.98. The summed E-state index contributed by atoms with van der Waals surface area (Å²) in [6.07, 6.45) is 0. The minimum atomic E-state index is -0.830. The third-order valence-electron chi connectivity index (χ3n) is 0.827. The van der Waals surface area contributed by atoms with Crippen molar-refractivity contribution in [2.45, 2.75) is 19.4 Å². The number of nitrogens with zero attached hydrogens (tertiary/aromatic N) is 1. The van der Waals surface area contributed by atoms with Crippen molar-refractivity contribution in [3.05, 3.63) is 10.1 Å². The van der Waals surface area contributed by atoms with Gasteiger partial charge in [-0.3, -0.25) is 10.1 Å². The lowest BCUT2D eigenvalue weighted by Crippen LogP contribution is -2.43. The van der Waals surface area contributed by atoms with Crippen molar-refractivity contribution < 1.29 is 10.1 Å². The van der Waals surface area contributed by atoms with E-state index in [9.17, 15) is 10.1 Å². The van der Waals surface area contributed by atoms with Crippen LogP contribution in [0.4, 0.5) is 0 Å². The molecular formula is C4H10N2O3. The van der Waals surface area contributed by atoms with Crippen molar-refractivity contribution in [2.24, 2.45) is 0 Å². The summed E-state index contributed by atoms with van der Waals surface area (Å²) in [4.78, 5) is 9.35. The first-order chi connectivity index (χ1) is 3.98. The van der Waals surface area contributed by atoms with Crippen LogP contribution in [0.3, 0.4) is 0 Å². The van der Waals surface area contributed by atoms with Crippen LogP contribution in [0.5, 0.6) is 0 Å². The average molecular weight is 134 g/mol. The van der Waals surface area contributed by atoms with Gasteiger partial charge in [0.2, 0.25) is 6.54 Å². The molecule has 5 heteroatoms. The lowest BCUT2D eigenvalue weighted by Gasteiger charge is -2.15. The smallest absolute Gasteiger partial charge is 0.223 e. The van der Waals surface area contributed by atoms with Crippen LogP contribution in [0, 0.1) is 10.1 Å². The van der Waals surface area contributed by atoms with Gasteiger partial charge >= 0.3 is 0 Å². The van der Waals surface area contributed by atoms with Gasteiger partial charge in [0.05, 0.1) is 0 Å². The van der Waals surface area contributed by atoms with Gasteiger partial charge in [0.15, 0.2) is 0 Å². The van der Waals surface area contributed by atoms with Crippen LogP contribution in [-0.4, -0.2) is 22.2 Å². The number of rotatable bonds is 3. The van der Waals surface area contributed by atoms with Crippen LogP contribution < -0.4 is 5.48 Å². The Morgan fingerprint density at radius 1 is 1.78 bits per heavy atom. The summed E-state index contributed by atoms with van der Waals surface area (Å²) in [5.41, 5.74) is 1.00.